The molecule has 0 heterocycles. The average Bonchev–Trinajstić information content (AvgIpc) is 0.900. The summed E-state index contributed by atoms with van der Waals surface area (Å²) in [6.45, 7) is 16.5. The SMILES string of the molecule is C.C.C.C.C=CCOC(=O)c1ccccc1C(=O)OCCC[Si](C)(Cl)Cl.C=CCOC(=O)c1ccccc1C(=O)OCCC[Si](C)(OC)OC.C=CCOC(=O)c1ccccc1C(=O)OCCC[Si](Cl)(Cl)Cl.C=CCOC(=O)c1ccccc1C(=O)OCCC[Si](OC)(OC)OC. The van der Waals surface area contributed by atoms with Crippen LogP contribution in [0.5, 0.6) is 0 Å². The molecule has 0 fully saturated rings. The van der Waals surface area contributed by atoms with Gasteiger partial charge in [-0.05, 0) is 105 Å². The van der Waals surface area contributed by atoms with Crippen molar-refractivity contribution in [1.82, 2.24) is 0 Å². The van der Waals surface area contributed by atoms with E-state index in [-0.39, 0.29) is 127 Å². The van der Waals surface area contributed by atoms with Crippen LogP contribution in [0.2, 0.25) is 37.3 Å². The van der Waals surface area contributed by atoms with E-state index in [4.69, 9.17) is 115 Å². The van der Waals surface area contributed by atoms with E-state index in [1.54, 1.807) is 62.8 Å². The highest BCUT2D eigenvalue weighted by Gasteiger charge is 2.37. The second kappa shape index (κ2) is 53.7. The van der Waals surface area contributed by atoms with Gasteiger partial charge in [-0.25, -0.2) is 38.4 Å². The highest BCUT2D eigenvalue weighted by Crippen LogP contribution is 2.27. The van der Waals surface area contributed by atoms with Crippen molar-refractivity contribution in [3.63, 3.8) is 0 Å². The van der Waals surface area contributed by atoms with E-state index in [0.717, 1.165) is 0 Å². The molecule has 97 heavy (non-hydrogen) atoms. The summed E-state index contributed by atoms with van der Waals surface area (Å²) >= 11 is 29.2. The van der Waals surface area contributed by atoms with E-state index in [1.165, 1.54) is 94.2 Å². The smallest absolute Gasteiger partial charge is 0.462 e. The largest absolute Gasteiger partial charge is 0.500 e. The molecule has 0 unspecified atom stereocenters. The zero-order valence-corrected chi connectivity index (χ0v) is 60.9. The van der Waals surface area contributed by atoms with Crippen LogP contribution < -0.4 is 0 Å². The van der Waals surface area contributed by atoms with Gasteiger partial charge in [0, 0.05) is 41.6 Å². The molecule has 4 aromatic rings. The minimum atomic E-state index is -2.71. The van der Waals surface area contributed by atoms with Crippen molar-refractivity contribution in [2.75, 3.05) is 88.4 Å². The topological polar surface area (TPSA) is 257 Å². The van der Waals surface area contributed by atoms with Gasteiger partial charge < -0.3 is 60.0 Å². The van der Waals surface area contributed by atoms with E-state index in [2.05, 4.69) is 26.3 Å². The van der Waals surface area contributed by atoms with Crippen molar-refractivity contribution in [3.05, 3.63) is 192 Å². The summed E-state index contributed by atoms with van der Waals surface area (Å²) in [5, 5.41) is 0. The molecule has 30 heteroatoms. The van der Waals surface area contributed by atoms with Crippen molar-refractivity contribution < 1.29 is 98.4 Å². The first-order chi connectivity index (χ1) is 44.2. The Balaban J connectivity index is -0.000000587. The van der Waals surface area contributed by atoms with Gasteiger partial charge in [0.25, 0.3) is 0 Å². The van der Waals surface area contributed by atoms with Crippen LogP contribution in [0.15, 0.2) is 148 Å². The lowest BCUT2D eigenvalue weighted by Gasteiger charge is -2.24. The van der Waals surface area contributed by atoms with Crippen LogP contribution in [0.1, 0.15) is 138 Å². The number of carbonyl (C=O) groups is 8. The van der Waals surface area contributed by atoms with Crippen LogP contribution >= 0.6 is 55.4 Å². The van der Waals surface area contributed by atoms with Gasteiger partial charge >= 0.3 is 71.1 Å². The van der Waals surface area contributed by atoms with Crippen LogP contribution in [0, 0.1) is 0 Å². The normalized spacial score (nSPS) is 10.5. The minimum absolute atomic E-state index is 0. The minimum Gasteiger partial charge on any atom is -0.462 e. The van der Waals surface area contributed by atoms with Crippen molar-refractivity contribution in [2.24, 2.45) is 0 Å². The van der Waals surface area contributed by atoms with Gasteiger partial charge in [-0.1, -0.05) is 129 Å². The Labute approximate surface area is 601 Å². The van der Waals surface area contributed by atoms with E-state index in [0.29, 0.717) is 49.9 Å². The summed E-state index contributed by atoms with van der Waals surface area (Å²) < 4.78 is 67.2. The zero-order valence-electron chi connectivity index (χ0n) is 53.2. The van der Waals surface area contributed by atoms with Gasteiger partial charge in [-0.3, -0.25) is 0 Å². The second-order valence-electron chi connectivity index (χ2n) is 19.2. The van der Waals surface area contributed by atoms with Gasteiger partial charge in [0.2, 0.25) is 6.69 Å². The van der Waals surface area contributed by atoms with E-state index < -0.39 is 77.8 Å². The summed E-state index contributed by atoms with van der Waals surface area (Å²) in [7, 11) is 2.95. The Morgan fingerprint density at radius 2 is 0.536 bits per heavy atom. The molecule has 0 radical (unpaired) electrons. The molecule has 0 atom stereocenters. The average molecular weight is 1530 g/mol. The molecule has 0 amide bonds. The van der Waals surface area contributed by atoms with Gasteiger partial charge in [-0.15, -0.1) is 55.4 Å². The summed E-state index contributed by atoms with van der Waals surface area (Å²) in [6.07, 6.45) is 8.00. The number of esters is 8. The molecule has 4 rings (SSSR count). The van der Waals surface area contributed by atoms with Gasteiger partial charge in [0.05, 0.1) is 70.9 Å². The van der Waals surface area contributed by atoms with Gasteiger partial charge in [-0.2, -0.15) is 0 Å². The molecule has 0 N–H and O–H groups in total. The maximum Gasteiger partial charge on any atom is 0.500 e. The Hall–Kier alpha value is -6.28. The third-order valence-corrected chi connectivity index (χ3v) is 23.1. The maximum atomic E-state index is 12.2. The number of benzene rings is 4. The molecule has 0 saturated heterocycles. The lowest BCUT2D eigenvalue weighted by Crippen LogP contribution is -2.42. The molecule has 4 aromatic carbocycles. The Morgan fingerprint density at radius 3 is 0.732 bits per heavy atom. The van der Waals surface area contributed by atoms with Crippen molar-refractivity contribution >= 4 is 133 Å². The van der Waals surface area contributed by atoms with Crippen molar-refractivity contribution in [2.45, 2.75) is 92.7 Å². The highest BCUT2D eigenvalue weighted by molar-refractivity contribution is 7.64. The number of ether oxygens (including phenoxy) is 8. The molecule has 0 aliphatic carbocycles. The lowest BCUT2D eigenvalue weighted by molar-refractivity contribution is 0.0467. The maximum absolute atomic E-state index is 12.2. The number of carbonyl (C=O) groups excluding carboxylic acids is 8. The molecular weight excluding hydrogens is 1430 g/mol. The van der Waals surface area contributed by atoms with E-state index >= 15 is 0 Å². The van der Waals surface area contributed by atoms with Crippen LogP contribution in [-0.2, 0) is 60.0 Å². The molecule has 0 aromatic heterocycles. The first-order valence-electron chi connectivity index (χ1n) is 28.6. The Bertz CT molecular complexity index is 2940. The molecule has 0 aliphatic rings. The second-order valence-corrected chi connectivity index (χ2v) is 43.4. The molecular formula is C67H97Cl5O21Si4. The molecule has 0 spiro atoms. The summed E-state index contributed by atoms with van der Waals surface area (Å²) in [4.78, 5) is 96.2. The van der Waals surface area contributed by atoms with E-state index in [9.17, 15) is 38.4 Å². The van der Waals surface area contributed by atoms with Crippen LogP contribution in [0.25, 0.3) is 0 Å². The Morgan fingerprint density at radius 1 is 0.330 bits per heavy atom. The molecule has 0 saturated carbocycles. The predicted molar refractivity (Wildman–Crippen MR) is 392 cm³/mol. The summed E-state index contributed by atoms with van der Waals surface area (Å²) in [5.41, 5.74) is 1.31. The third-order valence-electron chi connectivity index (χ3n) is 12.3. The molecule has 0 bridgehead atoms. The lowest BCUT2D eigenvalue weighted by atomic mass is 10.1. The first kappa shape index (κ1) is 97.1. The number of halogens is 5. The Kier molecular flexibility index (Phi) is 53.7. The van der Waals surface area contributed by atoms with Crippen LogP contribution in [0.3, 0.4) is 0 Å². The standard InChI is InChI=1S/C17H24O7Si.C17H24O6Si.C15H18Cl2O4Si.C14H15Cl3O4Si.4CH4/c1-5-11-23-16(18)14-9-6-7-10-15(14)17(19)24-12-8-13-25(20-2,21-3)22-4;1-5-11-22-16(18)14-9-6-7-10-15(14)17(19)23-12-8-13-24(4,20-2)21-3;1-3-9-20-14(18)12-7-4-5-8-13(12)15(19)21-10-6-11-22(2,16)17;1-2-8-20-13(18)11-6-3-4-7-12(11)14(19)21-9-5-10-22(15,16)17;;;;/h5-7,9-10H,1,8,11-13H2,2-4H3;5-7,9-10H,1,8,11-13H2,2-4H3;3-5,7-8H,1,6,9-11H2,2H3;2-4,6-7H,1,5,8-10H2;4*1H4. The molecule has 21 nitrogen and oxygen atoms in total. The zero-order chi connectivity index (χ0) is 69.9. The number of hydrogen-bond donors (Lipinski definition) is 0. The van der Waals surface area contributed by atoms with Crippen molar-refractivity contribution in [3.8, 4) is 0 Å². The van der Waals surface area contributed by atoms with Crippen LogP contribution in [0.4, 0.5) is 0 Å². The fourth-order valence-electron chi connectivity index (χ4n) is 7.36. The number of hydrogen-bond acceptors (Lipinski definition) is 21. The summed E-state index contributed by atoms with van der Waals surface area (Å²) in [5.74, 6) is -4.71. The van der Waals surface area contributed by atoms with Gasteiger partial charge in [0.15, 0.2) is 0 Å². The monoisotopic (exact) mass is 1520 g/mol. The van der Waals surface area contributed by atoms with Gasteiger partial charge in [0.1, 0.15) is 26.4 Å². The fourth-order valence-corrected chi connectivity index (χ4v) is 13.7. The number of rotatable bonds is 37. The van der Waals surface area contributed by atoms with Crippen LogP contribution in [-0.4, -0.2) is 166 Å². The van der Waals surface area contributed by atoms with E-state index in [1.807, 2.05) is 13.1 Å². The first-order valence-corrected chi connectivity index (χ1v) is 43.0. The quantitative estimate of drug-likeness (QED) is 0.0101. The molecule has 542 valence electrons. The van der Waals surface area contributed by atoms with Crippen molar-refractivity contribution in [1.29, 1.82) is 0 Å². The molecule has 0 aliphatic heterocycles. The summed E-state index contributed by atoms with van der Waals surface area (Å²) in [6, 6.07) is 24.9. The highest BCUT2D eigenvalue weighted by atomic mass is 35.8. The fraction of sp³-hybridized carbons (Fsp3) is 0.403. The third kappa shape index (κ3) is 39.2. The predicted octanol–water partition coefficient (Wildman–Crippen LogP) is 16.3.